The molecule has 25 heavy (non-hydrogen) atoms. The summed E-state index contributed by atoms with van der Waals surface area (Å²) in [6.07, 6.45) is 0.392. The summed E-state index contributed by atoms with van der Waals surface area (Å²) in [7, 11) is 1.69. The number of amides is 1. The van der Waals surface area contributed by atoms with E-state index in [-0.39, 0.29) is 22.8 Å². The maximum Gasteiger partial charge on any atom is 0.446 e. The molecule has 1 aromatic rings. The van der Waals surface area contributed by atoms with Crippen LogP contribution in [-0.4, -0.2) is 42.2 Å². The van der Waals surface area contributed by atoms with Crippen molar-refractivity contribution in [2.24, 2.45) is 0 Å². The van der Waals surface area contributed by atoms with Gasteiger partial charge in [-0.15, -0.1) is 0 Å². The lowest BCUT2D eigenvalue weighted by molar-refractivity contribution is -0.0328. The summed E-state index contributed by atoms with van der Waals surface area (Å²) in [6, 6.07) is 6.28. The fraction of sp³-hybridized carbons (Fsp3) is 0.588. The Bertz CT molecular complexity index is 542. The first-order valence-corrected chi connectivity index (χ1v) is 8.77. The van der Waals surface area contributed by atoms with Crippen LogP contribution in [0.2, 0.25) is 0 Å². The van der Waals surface area contributed by atoms with E-state index >= 15 is 0 Å². The second kappa shape index (κ2) is 9.33. The van der Waals surface area contributed by atoms with Gasteiger partial charge in [0.25, 0.3) is 0 Å². The molecule has 0 aliphatic heterocycles. The third-order valence-electron chi connectivity index (χ3n) is 3.04. The van der Waals surface area contributed by atoms with Gasteiger partial charge in [-0.1, -0.05) is 12.1 Å². The summed E-state index contributed by atoms with van der Waals surface area (Å²) in [5.74, 6) is 0. The Morgan fingerprint density at radius 2 is 1.80 bits per heavy atom. The third-order valence-corrected chi connectivity index (χ3v) is 3.78. The standard InChI is InChI=1S/C17H25F3N2O2S/c1-16(2,3)24-15(23)22(4)11-5-10-21-12-13-6-8-14(9-7-13)25-17(18,19)20/h6-9,21H,5,10-12H2,1-4H3. The first kappa shape index (κ1) is 21.6. The smallest absolute Gasteiger partial charge is 0.444 e. The number of hydrogen-bond donors (Lipinski definition) is 1. The van der Waals surface area contributed by atoms with Crippen molar-refractivity contribution in [2.45, 2.75) is 49.7 Å². The van der Waals surface area contributed by atoms with Gasteiger partial charge >= 0.3 is 11.6 Å². The highest BCUT2D eigenvalue weighted by atomic mass is 32.2. The normalized spacial score (nSPS) is 12.1. The number of thioether (sulfide) groups is 1. The van der Waals surface area contributed by atoms with Crippen molar-refractivity contribution in [1.82, 2.24) is 10.2 Å². The number of nitrogens with zero attached hydrogens (tertiary/aromatic N) is 1. The van der Waals surface area contributed by atoms with Crippen LogP contribution in [0.15, 0.2) is 29.2 Å². The van der Waals surface area contributed by atoms with Crippen molar-refractivity contribution in [3.8, 4) is 0 Å². The van der Waals surface area contributed by atoms with Gasteiger partial charge in [0, 0.05) is 25.0 Å². The Hall–Kier alpha value is -1.41. The molecule has 0 heterocycles. The molecule has 0 saturated carbocycles. The highest BCUT2D eigenvalue weighted by Gasteiger charge is 2.28. The lowest BCUT2D eigenvalue weighted by Crippen LogP contribution is -2.35. The first-order chi connectivity index (χ1) is 11.5. The van der Waals surface area contributed by atoms with E-state index in [2.05, 4.69) is 5.32 Å². The second-order valence-corrected chi connectivity index (χ2v) is 7.76. The Labute approximate surface area is 151 Å². The van der Waals surface area contributed by atoms with Crippen LogP contribution in [0.1, 0.15) is 32.8 Å². The van der Waals surface area contributed by atoms with Crippen LogP contribution in [0.5, 0.6) is 0 Å². The quantitative estimate of drug-likeness (QED) is 0.554. The monoisotopic (exact) mass is 378 g/mol. The number of hydrogen-bond acceptors (Lipinski definition) is 4. The van der Waals surface area contributed by atoms with E-state index in [1.165, 1.54) is 17.0 Å². The van der Waals surface area contributed by atoms with E-state index in [0.717, 1.165) is 12.0 Å². The van der Waals surface area contributed by atoms with Crippen molar-refractivity contribution in [3.05, 3.63) is 29.8 Å². The molecular formula is C17H25F3N2O2S. The van der Waals surface area contributed by atoms with Crippen molar-refractivity contribution < 1.29 is 22.7 Å². The van der Waals surface area contributed by atoms with Crippen LogP contribution in [-0.2, 0) is 11.3 Å². The van der Waals surface area contributed by atoms with Gasteiger partial charge in [-0.3, -0.25) is 0 Å². The minimum Gasteiger partial charge on any atom is -0.444 e. The zero-order chi connectivity index (χ0) is 19.1. The molecule has 0 aliphatic carbocycles. The Morgan fingerprint density at radius 1 is 1.20 bits per heavy atom. The predicted octanol–water partition coefficient (Wildman–Crippen LogP) is 4.65. The SMILES string of the molecule is CN(CCCNCc1ccc(SC(F)(F)F)cc1)C(=O)OC(C)(C)C. The van der Waals surface area contributed by atoms with Gasteiger partial charge in [-0.25, -0.2) is 4.79 Å². The topological polar surface area (TPSA) is 41.6 Å². The molecule has 1 N–H and O–H groups in total. The maximum absolute atomic E-state index is 12.3. The van der Waals surface area contributed by atoms with Gasteiger partial charge in [0.15, 0.2) is 0 Å². The van der Waals surface area contributed by atoms with Gasteiger partial charge in [-0.05, 0) is 63.2 Å². The van der Waals surface area contributed by atoms with Crippen LogP contribution in [0.25, 0.3) is 0 Å². The number of nitrogens with one attached hydrogen (secondary N) is 1. The summed E-state index contributed by atoms with van der Waals surface area (Å²) < 4.78 is 42.0. The molecule has 1 aromatic carbocycles. The first-order valence-electron chi connectivity index (χ1n) is 7.96. The zero-order valence-electron chi connectivity index (χ0n) is 14.9. The number of halogens is 3. The van der Waals surface area contributed by atoms with Gasteiger partial charge in [0.1, 0.15) is 5.60 Å². The average Bonchev–Trinajstić information content (AvgIpc) is 2.45. The fourth-order valence-electron chi connectivity index (χ4n) is 1.91. The zero-order valence-corrected chi connectivity index (χ0v) is 15.8. The molecule has 0 bridgehead atoms. The molecule has 142 valence electrons. The van der Waals surface area contributed by atoms with Gasteiger partial charge < -0.3 is 15.0 Å². The van der Waals surface area contributed by atoms with E-state index in [1.54, 1.807) is 19.2 Å². The Balaban J connectivity index is 2.24. The van der Waals surface area contributed by atoms with Crippen LogP contribution >= 0.6 is 11.8 Å². The van der Waals surface area contributed by atoms with Gasteiger partial charge in [0.2, 0.25) is 0 Å². The molecule has 0 aromatic heterocycles. The predicted molar refractivity (Wildman–Crippen MR) is 93.5 cm³/mol. The van der Waals surface area contributed by atoms with E-state index in [4.69, 9.17) is 4.74 Å². The number of rotatable bonds is 7. The second-order valence-electron chi connectivity index (χ2n) is 6.62. The molecule has 0 atom stereocenters. The Morgan fingerprint density at radius 3 is 2.32 bits per heavy atom. The van der Waals surface area contributed by atoms with Gasteiger partial charge in [-0.2, -0.15) is 13.2 Å². The number of benzene rings is 1. The molecule has 4 nitrogen and oxygen atoms in total. The molecule has 0 aliphatic rings. The van der Waals surface area contributed by atoms with E-state index in [0.29, 0.717) is 19.6 Å². The molecule has 0 spiro atoms. The third kappa shape index (κ3) is 10.2. The summed E-state index contributed by atoms with van der Waals surface area (Å²) in [6.45, 7) is 7.26. The molecule has 0 fully saturated rings. The van der Waals surface area contributed by atoms with E-state index in [1.807, 2.05) is 20.8 Å². The summed E-state index contributed by atoms with van der Waals surface area (Å²) in [4.78, 5) is 13.5. The molecular weight excluding hydrogens is 353 g/mol. The summed E-state index contributed by atoms with van der Waals surface area (Å²) in [5.41, 5.74) is -3.87. The van der Waals surface area contributed by atoms with Gasteiger partial charge in [0.05, 0.1) is 0 Å². The number of carbonyl (C=O) groups excluding carboxylic acids is 1. The molecule has 8 heteroatoms. The fourth-order valence-corrected chi connectivity index (χ4v) is 2.45. The minimum atomic E-state index is -4.26. The van der Waals surface area contributed by atoms with E-state index in [9.17, 15) is 18.0 Å². The molecule has 0 unspecified atom stereocenters. The van der Waals surface area contributed by atoms with Crippen LogP contribution in [0.3, 0.4) is 0 Å². The van der Waals surface area contributed by atoms with Crippen molar-refractivity contribution in [2.75, 3.05) is 20.1 Å². The molecule has 1 amide bonds. The molecule has 0 saturated heterocycles. The van der Waals surface area contributed by atoms with Crippen LogP contribution in [0.4, 0.5) is 18.0 Å². The van der Waals surface area contributed by atoms with Crippen molar-refractivity contribution in [1.29, 1.82) is 0 Å². The average molecular weight is 378 g/mol. The van der Waals surface area contributed by atoms with Crippen LogP contribution in [0, 0.1) is 0 Å². The summed E-state index contributed by atoms with van der Waals surface area (Å²) in [5, 5.41) is 3.20. The highest BCUT2D eigenvalue weighted by molar-refractivity contribution is 8.00. The van der Waals surface area contributed by atoms with E-state index < -0.39 is 11.1 Å². The largest absolute Gasteiger partial charge is 0.446 e. The highest BCUT2D eigenvalue weighted by Crippen LogP contribution is 2.36. The minimum absolute atomic E-state index is 0.119. The van der Waals surface area contributed by atoms with Crippen molar-refractivity contribution in [3.63, 3.8) is 0 Å². The van der Waals surface area contributed by atoms with Crippen molar-refractivity contribution >= 4 is 17.9 Å². The molecule has 1 rings (SSSR count). The van der Waals surface area contributed by atoms with Crippen LogP contribution < -0.4 is 5.32 Å². The maximum atomic E-state index is 12.3. The Kier molecular flexibility index (Phi) is 8.08. The number of carbonyl (C=O) groups is 1. The lowest BCUT2D eigenvalue weighted by Gasteiger charge is -2.24. The lowest BCUT2D eigenvalue weighted by atomic mass is 10.2. The molecule has 0 radical (unpaired) electrons. The summed E-state index contributed by atoms with van der Waals surface area (Å²) >= 11 is -0.119. The number of ether oxygens (including phenoxy) is 1. The number of alkyl halides is 3.